The van der Waals surface area contributed by atoms with Crippen molar-refractivity contribution in [1.82, 2.24) is 24.4 Å². The van der Waals surface area contributed by atoms with Crippen molar-refractivity contribution in [3.8, 4) is 6.01 Å². The third kappa shape index (κ3) is 7.00. The molecule has 2 saturated heterocycles. The van der Waals surface area contributed by atoms with Crippen LogP contribution < -0.4 is 9.64 Å². The molecule has 2 atom stereocenters. The number of fused-ring (bicyclic) bond motifs is 1. The van der Waals surface area contributed by atoms with E-state index in [1.807, 2.05) is 20.8 Å². The second-order valence-electron chi connectivity index (χ2n) is 15.5. The fraction of sp³-hybridized carbons (Fsp3) is 0.806. The lowest BCUT2D eigenvalue weighted by Crippen LogP contribution is -2.55. The number of carbonyl (C=O) groups is 1. The topological polar surface area (TPSA) is 94.8 Å². The Labute approximate surface area is 266 Å². The first-order chi connectivity index (χ1) is 20.0. The van der Waals surface area contributed by atoms with Crippen LogP contribution in [0.25, 0.3) is 11.2 Å². The van der Waals surface area contributed by atoms with Gasteiger partial charge in [-0.25, -0.2) is 9.78 Å². The SMILES string of the molecule is CC(C)(C)OC(=O)N1CCC[C@H]1COc1nc(N2CCC[C@@](C)(O[Si-](C)(C)C(C)(C)C)C2)c2c(n1)nc(Br)n2C1CCC1. The molecule has 0 spiro atoms. The van der Waals surface area contributed by atoms with E-state index in [1.165, 1.54) is 6.42 Å². The van der Waals surface area contributed by atoms with Gasteiger partial charge in [0.15, 0.2) is 16.2 Å². The maximum absolute atomic E-state index is 12.9. The lowest BCUT2D eigenvalue weighted by atomic mass is 9.93. The maximum atomic E-state index is 12.9. The molecule has 10 nitrogen and oxygen atoms in total. The van der Waals surface area contributed by atoms with E-state index < -0.39 is 13.9 Å². The molecule has 3 fully saturated rings. The Bertz CT molecular complexity index is 1330. The van der Waals surface area contributed by atoms with Gasteiger partial charge in [0.2, 0.25) is 0 Å². The molecule has 2 aromatic rings. The van der Waals surface area contributed by atoms with Gasteiger partial charge < -0.3 is 28.3 Å². The number of hydrogen-bond acceptors (Lipinski definition) is 8. The highest BCUT2D eigenvalue weighted by atomic mass is 79.9. The van der Waals surface area contributed by atoms with Gasteiger partial charge in [0.25, 0.3) is 0 Å². The van der Waals surface area contributed by atoms with Crippen LogP contribution in [0, 0.1) is 0 Å². The minimum Gasteiger partial charge on any atom is -0.559 e. The summed E-state index contributed by atoms with van der Waals surface area (Å²) in [6.07, 6.45) is 6.95. The normalized spacial score (nSPS) is 24.0. The summed E-state index contributed by atoms with van der Waals surface area (Å²) in [5.41, 5.74) is 0.761. The zero-order chi connectivity index (χ0) is 31.4. The number of hydrogen-bond donors (Lipinski definition) is 0. The fourth-order valence-corrected chi connectivity index (χ4v) is 8.52. The van der Waals surface area contributed by atoms with E-state index in [0.29, 0.717) is 30.9 Å². The van der Waals surface area contributed by atoms with Crippen molar-refractivity contribution in [3.05, 3.63) is 4.73 Å². The fourth-order valence-electron chi connectivity index (χ4n) is 6.18. The van der Waals surface area contributed by atoms with Crippen LogP contribution in [0.1, 0.15) is 99.5 Å². The molecule has 3 aliphatic rings. The standard InChI is InChI=1S/C31H51BrN6O4Si/c1-29(2,3)41-28(39)37-18-11-15-22(37)19-40-27-34-24-23(38(26(32)33-24)21-13-10-14-21)25(35-27)36-17-12-16-31(7,20-36)42-43(8,9)30(4,5)6/h21-22H,10-20H2,1-9H3/q-1/t22-,31+/m0/s1. The molecule has 2 aromatic heterocycles. The number of halogens is 1. The van der Waals surface area contributed by atoms with Crippen LogP contribution in [0.4, 0.5) is 10.6 Å². The molecule has 4 heterocycles. The zero-order valence-corrected chi connectivity index (χ0v) is 30.2. The van der Waals surface area contributed by atoms with Gasteiger partial charge in [-0.3, -0.25) is 0 Å². The van der Waals surface area contributed by atoms with Crippen molar-refractivity contribution in [2.45, 2.75) is 135 Å². The number of rotatable bonds is 7. The van der Waals surface area contributed by atoms with Gasteiger partial charge in [0, 0.05) is 31.3 Å². The summed E-state index contributed by atoms with van der Waals surface area (Å²) in [5.74, 6) is 0.852. The summed E-state index contributed by atoms with van der Waals surface area (Å²) in [5, 5.41) is 0.128. The van der Waals surface area contributed by atoms with E-state index >= 15 is 0 Å². The second kappa shape index (κ2) is 11.8. The highest BCUT2D eigenvalue weighted by molar-refractivity contribution is 9.10. The highest BCUT2D eigenvalue weighted by Gasteiger charge is 2.39. The molecule has 0 unspecified atom stereocenters. The van der Waals surface area contributed by atoms with Crippen molar-refractivity contribution in [3.63, 3.8) is 0 Å². The van der Waals surface area contributed by atoms with Crippen LogP contribution in [0.15, 0.2) is 4.73 Å². The Hall–Kier alpha value is -1.92. The number of carbonyl (C=O) groups excluding carboxylic acids is 1. The molecule has 0 bridgehead atoms. The molecule has 1 amide bonds. The quantitative estimate of drug-likeness (QED) is 0.220. The number of amides is 1. The number of anilines is 1. The average molecular weight is 680 g/mol. The van der Waals surface area contributed by atoms with Gasteiger partial charge in [-0.2, -0.15) is 9.97 Å². The van der Waals surface area contributed by atoms with E-state index in [4.69, 9.17) is 28.9 Å². The Morgan fingerprint density at radius 3 is 2.37 bits per heavy atom. The Morgan fingerprint density at radius 2 is 1.74 bits per heavy atom. The lowest BCUT2D eigenvalue weighted by molar-refractivity contribution is 0.0184. The van der Waals surface area contributed by atoms with E-state index in [-0.39, 0.29) is 22.8 Å². The largest absolute Gasteiger partial charge is 0.559 e. The minimum atomic E-state index is -1.99. The molecule has 5 rings (SSSR count). The van der Waals surface area contributed by atoms with Gasteiger partial charge in [-0.05, 0) is 96.9 Å². The Kier molecular flexibility index (Phi) is 8.90. The van der Waals surface area contributed by atoms with Crippen molar-refractivity contribution < 1.29 is 18.7 Å². The highest BCUT2D eigenvalue weighted by Crippen LogP contribution is 2.44. The number of ether oxygens (including phenoxy) is 2. The zero-order valence-electron chi connectivity index (χ0n) is 27.6. The molecule has 0 N–H and O–H groups in total. The van der Waals surface area contributed by atoms with Crippen molar-refractivity contribution >= 4 is 47.3 Å². The van der Waals surface area contributed by atoms with Crippen LogP contribution in [0.2, 0.25) is 18.1 Å². The van der Waals surface area contributed by atoms with Crippen LogP contribution in [0.3, 0.4) is 0 Å². The predicted molar refractivity (Wildman–Crippen MR) is 176 cm³/mol. The summed E-state index contributed by atoms with van der Waals surface area (Å²) in [7, 11) is -1.99. The third-order valence-corrected chi connectivity index (χ3v) is 14.8. The van der Waals surface area contributed by atoms with Crippen molar-refractivity contribution in [2.75, 3.05) is 31.1 Å². The van der Waals surface area contributed by atoms with Gasteiger partial charge >= 0.3 is 12.1 Å². The molecule has 43 heavy (non-hydrogen) atoms. The molecular weight excluding hydrogens is 628 g/mol. The summed E-state index contributed by atoms with van der Waals surface area (Å²) < 4.78 is 22.1. The number of likely N-dealkylation sites (tertiary alicyclic amines) is 1. The lowest BCUT2D eigenvalue weighted by Gasteiger charge is -2.56. The Balaban J connectivity index is 1.44. The second-order valence-corrected chi connectivity index (χ2v) is 20.9. The van der Waals surface area contributed by atoms with E-state index in [2.05, 4.69) is 66.2 Å². The average Bonchev–Trinajstić information content (AvgIpc) is 3.43. The van der Waals surface area contributed by atoms with Crippen LogP contribution >= 0.6 is 15.9 Å². The summed E-state index contributed by atoms with van der Waals surface area (Å²) in [6.45, 7) is 22.1. The van der Waals surface area contributed by atoms with E-state index in [0.717, 1.165) is 67.7 Å². The molecule has 12 heteroatoms. The first-order valence-electron chi connectivity index (χ1n) is 16.0. The van der Waals surface area contributed by atoms with Crippen molar-refractivity contribution in [2.24, 2.45) is 0 Å². The summed E-state index contributed by atoms with van der Waals surface area (Å²) in [6, 6.07) is 0.587. The number of piperidine rings is 1. The molecule has 1 aliphatic carbocycles. The Morgan fingerprint density at radius 1 is 1.02 bits per heavy atom. The number of nitrogens with zero attached hydrogens (tertiary/aromatic N) is 6. The van der Waals surface area contributed by atoms with E-state index in [9.17, 15) is 4.79 Å². The van der Waals surface area contributed by atoms with Crippen LogP contribution in [-0.4, -0.2) is 82.3 Å². The molecule has 0 radical (unpaired) electrons. The van der Waals surface area contributed by atoms with Crippen molar-refractivity contribution in [1.29, 1.82) is 0 Å². The smallest absolute Gasteiger partial charge is 0.410 e. The number of imidazole rings is 1. The van der Waals surface area contributed by atoms with E-state index in [1.54, 1.807) is 4.90 Å². The monoisotopic (exact) mass is 678 g/mol. The van der Waals surface area contributed by atoms with Gasteiger partial charge in [0.05, 0.1) is 6.04 Å². The molecule has 1 saturated carbocycles. The first-order valence-corrected chi connectivity index (χ1v) is 19.7. The van der Waals surface area contributed by atoms with Gasteiger partial charge in [-0.15, -0.1) is 18.1 Å². The van der Waals surface area contributed by atoms with Crippen LogP contribution in [0.5, 0.6) is 6.01 Å². The molecule has 2 aliphatic heterocycles. The van der Waals surface area contributed by atoms with Gasteiger partial charge in [-0.1, -0.05) is 20.8 Å². The summed E-state index contributed by atoms with van der Waals surface area (Å²) >= 11 is 3.74. The molecular formula is C31H51BrN6O4Si-. The van der Waals surface area contributed by atoms with Gasteiger partial charge in [0.1, 0.15) is 17.7 Å². The molecule has 0 aromatic carbocycles. The number of aromatic nitrogens is 4. The van der Waals surface area contributed by atoms with Crippen LogP contribution in [-0.2, 0) is 9.16 Å². The third-order valence-electron chi connectivity index (χ3n) is 9.58. The minimum absolute atomic E-state index is 0.0897. The first kappa shape index (κ1) is 32.5. The predicted octanol–water partition coefficient (Wildman–Crippen LogP) is 7.47. The summed E-state index contributed by atoms with van der Waals surface area (Å²) in [4.78, 5) is 31.7. The molecule has 241 valence electrons. The maximum Gasteiger partial charge on any atom is 0.410 e.